The highest BCUT2D eigenvalue weighted by Gasteiger charge is 2.44. The Kier molecular flexibility index (Phi) is 4.84. The first-order valence-corrected chi connectivity index (χ1v) is 12.2. The lowest BCUT2D eigenvalue weighted by Crippen LogP contribution is -2.47. The Morgan fingerprint density at radius 2 is 1.79 bits per heavy atom. The summed E-state index contributed by atoms with van der Waals surface area (Å²) in [6.07, 6.45) is 5.58. The summed E-state index contributed by atoms with van der Waals surface area (Å²) in [4.78, 5) is 0. The van der Waals surface area contributed by atoms with Crippen LogP contribution in [0, 0.1) is 0 Å². The van der Waals surface area contributed by atoms with Gasteiger partial charge in [-0.3, -0.25) is 0 Å². The molecule has 3 nitrogen and oxygen atoms in total. The van der Waals surface area contributed by atoms with E-state index in [9.17, 15) is 0 Å². The number of benzene rings is 1. The van der Waals surface area contributed by atoms with Gasteiger partial charge in [0.2, 0.25) is 5.79 Å². The van der Waals surface area contributed by atoms with Gasteiger partial charge < -0.3 is 13.9 Å². The third kappa shape index (κ3) is 3.56. The highest BCUT2D eigenvalue weighted by molar-refractivity contribution is 6.74. The van der Waals surface area contributed by atoms with Crippen LogP contribution in [0.1, 0.15) is 64.5 Å². The summed E-state index contributed by atoms with van der Waals surface area (Å²) in [5.41, 5.74) is 1.13. The number of hydrogen-bond donors (Lipinski definition) is 0. The minimum atomic E-state index is -1.79. The van der Waals surface area contributed by atoms with Crippen molar-refractivity contribution in [2.75, 3.05) is 6.61 Å². The van der Waals surface area contributed by atoms with Crippen molar-refractivity contribution in [1.29, 1.82) is 0 Å². The molecule has 0 radical (unpaired) electrons. The van der Waals surface area contributed by atoms with E-state index in [0.29, 0.717) is 6.61 Å². The maximum Gasteiger partial charge on any atom is 0.211 e. The fourth-order valence-corrected chi connectivity index (χ4v) is 4.32. The van der Waals surface area contributed by atoms with Crippen molar-refractivity contribution >= 4 is 8.32 Å². The molecule has 1 fully saturated rings. The second-order valence-electron chi connectivity index (χ2n) is 8.79. The smallest absolute Gasteiger partial charge is 0.211 e. The van der Waals surface area contributed by atoms with E-state index in [1.807, 2.05) is 6.07 Å². The molecule has 0 saturated heterocycles. The molecule has 0 aromatic heterocycles. The summed E-state index contributed by atoms with van der Waals surface area (Å²) in [6.45, 7) is 12.1. The molecule has 1 aromatic carbocycles. The van der Waals surface area contributed by atoms with Gasteiger partial charge in [0.1, 0.15) is 11.9 Å². The van der Waals surface area contributed by atoms with E-state index in [1.54, 1.807) is 0 Å². The molecule has 1 aliphatic heterocycles. The Bertz CT molecular complexity index is 570. The molecule has 4 heteroatoms. The van der Waals surface area contributed by atoms with Crippen LogP contribution in [0.25, 0.3) is 0 Å². The zero-order valence-electron chi connectivity index (χ0n) is 15.9. The molecule has 0 bridgehead atoms. The first-order valence-electron chi connectivity index (χ1n) is 9.32. The molecule has 0 unspecified atom stereocenters. The molecule has 134 valence electrons. The van der Waals surface area contributed by atoms with E-state index in [-0.39, 0.29) is 11.1 Å². The Labute approximate surface area is 147 Å². The van der Waals surface area contributed by atoms with Crippen LogP contribution >= 0.6 is 0 Å². The van der Waals surface area contributed by atoms with Crippen molar-refractivity contribution in [3.05, 3.63) is 29.8 Å². The number of rotatable bonds is 3. The lowest BCUT2D eigenvalue weighted by atomic mass is 9.92. The number of ether oxygens (including phenoxy) is 2. The highest BCUT2D eigenvalue weighted by atomic mass is 28.4. The minimum Gasteiger partial charge on any atom is -0.462 e. The van der Waals surface area contributed by atoms with E-state index in [0.717, 1.165) is 24.2 Å². The molecule has 3 rings (SSSR count). The Balaban J connectivity index is 1.81. The normalized spacial score (nSPS) is 23.6. The highest BCUT2D eigenvalue weighted by Crippen LogP contribution is 2.46. The van der Waals surface area contributed by atoms with Crippen LogP contribution in [0.5, 0.6) is 5.75 Å². The van der Waals surface area contributed by atoms with E-state index < -0.39 is 14.1 Å². The van der Waals surface area contributed by atoms with Crippen LogP contribution in [-0.4, -0.2) is 20.7 Å². The van der Waals surface area contributed by atoms with Gasteiger partial charge in [0.25, 0.3) is 0 Å². The van der Waals surface area contributed by atoms with Gasteiger partial charge in [0.05, 0.1) is 6.61 Å². The van der Waals surface area contributed by atoms with Gasteiger partial charge in [-0.2, -0.15) is 0 Å². The predicted octanol–water partition coefficient (Wildman–Crippen LogP) is 5.82. The van der Waals surface area contributed by atoms with Crippen LogP contribution in [0.4, 0.5) is 0 Å². The van der Waals surface area contributed by atoms with Crippen molar-refractivity contribution in [3.63, 3.8) is 0 Å². The summed E-state index contributed by atoms with van der Waals surface area (Å²) in [5.74, 6) is 0.545. The quantitative estimate of drug-likeness (QED) is 0.644. The third-order valence-electron chi connectivity index (χ3n) is 5.94. The van der Waals surface area contributed by atoms with Crippen LogP contribution in [0.2, 0.25) is 18.1 Å². The Morgan fingerprint density at radius 1 is 1.12 bits per heavy atom. The Hall–Kier alpha value is -0.843. The molecule has 1 aromatic rings. The van der Waals surface area contributed by atoms with Crippen molar-refractivity contribution in [3.8, 4) is 5.75 Å². The number of para-hydroxylation sites is 1. The van der Waals surface area contributed by atoms with Gasteiger partial charge in [0, 0.05) is 18.4 Å². The van der Waals surface area contributed by atoms with Gasteiger partial charge in [0.15, 0.2) is 8.32 Å². The topological polar surface area (TPSA) is 27.7 Å². The maximum atomic E-state index is 6.52. The molecule has 1 atom stereocenters. The summed E-state index contributed by atoms with van der Waals surface area (Å²) in [7, 11) is -1.79. The van der Waals surface area contributed by atoms with Crippen molar-refractivity contribution in [2.45, 2.75) is 82.9 Å². The van der Waals surface area contributed by atoms with Gasteiger partial charge in [-0.15, -0.1) is 0 Å². The van der Waals surface area contributed by atoms with Crippen LogP contribution in [0.15, 0.2) is 24.3 Å². The van der Waals surface area contributed by atoms with Crippen LogP contribution in [-0.2, 0) is 9.16 Å². The zero-order valence-corrected chi connectivity index (χ0v) is 16.9. The third-order valence-corrected chi connectivity index (χ3v) is 10.4. The molecule has 24 heavy (non-hydrogen) atoms. The molecule has 0 amide bonds. The lowest BCUT2D eigenvalue weighted by Gasteiger charge is -2.45. The van der Waals surface area contributed by atoms with E-state index in [4.69, 9.17) is 13.9 Å². The first kappa shape index (κ1) is 18.0. The summed E-state index contributed by atoms with van der Waals surface area (Å²) in [5, 5.41) is 0.209. The average molecular weight is 349 g/mol. The molecule has 1 heterocycles. The molecular formula is C20H32O3Si. The largest absolute Gasteiger partial charge is 0.462 e. The van der Waals surface area contributed by atoms with E-state index in [1.165, 1.54) is 19.3 Å². The van der Waals surface area contributed by atoms with Crippen LogP contribution < -0.4 is 4.74 Å². The summed E-state index contributed by atoms with van der Waals surface area (Å²) < 4.78 is 19.3. The monoisotopic (exact) mass is 348 g/mol. The standard InChI is InChI=1S/C20H32O3Si/c1-19(2,3)24(4,5)21-15-18-16-11-7-8-12-17(16)22-20(23-18)13-9-6-10-14-20/h7-8,11-12,18H,6,9-10,13-15H2,1-5H3/t18-/m0/s1. The number of fused-ring (bicyclic) bond motifs is 1. The second kappa shape index (κ2) is 6.47. The minimum absolute atomic E-state index is 0.0258. The molecular weight excluding hydrogens is 316 g/mol. The van der Waals surface area contributed by atoms with Gasteiger partial charge in [-0.1, -0.05) is 45.4 Å². The van der Waals surface area contributed by atoms with Gasteiger partial charge >= 0.3 is 0 Å². The average Bonchev–Trinajstić information content (AvgIpc) is 2.52. The maximum absolute atomic E-state index is 6.52. The van der Waals surface area contributed by atoms with Gasteiger partial charge in [-0.05, 0) is 37.0 Å². The van der Waals surface area contributed by atoms with Crippen molar-refractivity contribution in [2.24, 2.45) is 0 Å². The molecule has 1 saturated carbocycles. The molecule has 2 aliphatic rings. The predicted molar refractivity (Wildman–Crippen MR) is 99.9 cm³/mol. The first-order chi connectivity index (χ1) is 11.2. The molecule has 0 N–H and O–H groups in total. The fraction of sp³-hybridized carbons (Fsp3) is 0.700. The van der Waals surface area contributed by atoms with E-state index >= 15 is 0 Å². The van der Waals surface area contributed by atoms with Crippen LogP contribution in [0.3, 0.4) is 0 Å². The summed E-state index contributed by atoms with van der Waals surface area (Å²) >= 11 is 0. The second-order valence-corrected chi connectivity index (χ2v) is 13.6. The summed E-state index contributed by atoms with van der Waals surface area (Å²) in [6, 6.07) is 8.30. The van der Waals surface area contributed by atoms with Gasteiger partial charge in [-0.25, -0.2) is 0 Å². The molecule has 1 aliphatic carbocycles. The lowest BCUT2D eigenvalue weighted by molar-refractivity contribution is -0.249. The van der Waals surface area contributed by atoms with Crippen molar-refractivity contribution < 1.29 is 13.9 Å². The van der Waals surface area contributed by atoms with E-state index in [2.05, 4.69) is 52.1 Å². The zero-order chi connectivity index (χ0) is 17.4. The fourth-order valence-electron chi connectivity index (χ4n) is 3.32. The SMILES string of the molecule is CC(C)(C)[Si](C)(C)OC[C@@H]1OC2(CCCCC2)Oc2ccccc21. The molecule has 1 spiro atoms. The number of hydrogen-bond acceptors (Lipinski definition) is 3. The Morgan fingerprint density at radius 3 is 2.46 bits per heavy atom. The van der Waals surface area contributed by atoms with Crippen molar-refractivity contribution in [1.82, 2.24) is 0 Å².